The Bertz CT molecular complexity index is 28.9. The number of hydrogen-bond acceptors (Lipinski definition) is 3. The zero-order valence-corrected chi connectivity index (χ0v) is 5.46. The molecule has 0 aromatic carbocycles. The van der Waals surface area contributed by atoms with Gasteiger partial charge in [-0.2, -0.15) is 0 Å². The van der Waals surface area contributed by atoms with Gasteiger partial charge in [0.2, 0.25) is 0 Å². The summed E-state index contributed by atoms with van der Waals surface area (Å²) in [7, 11) is 1.64. The fraction of sp³-hybridized carbons (Fsp3) is 1.00. The van der Waals surface area contributed by atoms with Crippen LogP contribution in [0.2, 0.25) is 0 Å². The lowest BCUT2D eigenvalue weighted by Gasteiger charge is -1.94. The minimum Gasteiger partial charge on any atom is -0.372 e. The second-order valence-electron chi connectivity index (χ2n) is 0.931. The van der Waals surface area contributed by atoms with Gasteiger partial charge in [0, 0.05) is 19.2 Å². The number of hydrogen-bond donors (Lipinski definition) is 0. The smallest absolute Gasteiger partial charge is 0.118 e. The summed E-state index contributed by atoms with van der Waals surface area (Å²) < 4.78 is 9.55. The van der Waals surface area contributed by atoms with Gasteiger partial charge in [-0.15, -0.1) is 0 Å². The molecule has 2 nitrogen and oxygen atoms in total. The van der Waals surface area contributed by atoms with Crippen LogP contribution in [0.3, 0.4) is 0 Å². The van der Waals surface area contributed by atoms with E-state index in [9.17, 15) is 0 Å². The maximum Gasteiger partial charge on any atom is 0.118 e. The minimum atomic E-state index is 0.619. The predicted octanol–water partition coefficient (Wildman–Crippen LogP) is 1.27. The van der Waals surface area contributed by atoms with Gasteiger partial charge in [0.05, 0.1) is 6.61 Å². The van der Waals surface area contributed by atoms with E-state index >= 15 is 0 Å². The zero-order valence-electron chi connectivity index (χ0n) is 4.64. The number of methoxy groups -OCH3 is 1. The van der Waals surface area contributed by atoms with Crippen molar-refractivity contribution < 1.29 is 8.92 Å². The van der Waals surface area contributed by atoms with E-state index in [1.165, 1.54) is 12.0 Å². The van der Waals surface area contributed by atoms with Crippen LogP contribution in [0.15, 0.2) is 0 Å². The van der Waals surface area contributed by atoms with Crippen LogP contribution in [-0.2, 0) is 8.92 Å². The number of rotatable bonds is 4. The lowest BCUT2D eigenvalue weighted by Crippen LogP contribution is -1.83. The topological polar surface area (TPSA) is 18.5 Å². The van der Waals surface area contributed by atoms with Gasteiger partial charge < -0.3 is 8.92 Å². The summed E-state index contributed by atoms with van der Waals surface area (Å²) in [6.45, 7) is 2.69. The van der Waals surface area contributed by atoms with Gasteiger partial charge in [-0.3, -0.25) is 0 Å². The van der Waals surface area contributed by atoms with Gasteiger partial charge >= 0.3 is 0 Å². The summed E-state index contributed by atoms with van der Waals surface area (Å²) in [5, 5.41) is 0. The molecule has 0 aromatic rings. The molecule has 0 aliphatic heterocycles. The van der Waals surface area contributed by atoms with Gasteiger partial charge in [0.25, 0.3) is 0 Å². The van der Waals surface area contributed by atoms with E-state index < -0.39 is 0 Å². The van der Waals surface area contributed by atoms with Crippen LogP contribution in [0, 0.1) is 0 Å². The third-order valence-corrected chi connectivity index (χ3v) is 1.10. The largest absolute Gasteiger partial charge is 0.372 e. The Kier molecular flexibility index (Phi) is 6.51. The number of ether oxygens (including phenoxy) is 1. The molecule has 44 valence electrons. The van der Waals surface area contributed by atoms with E-state index in [4.69, 9.17) is 4.18 Å². The van der Waals surface area contributed by atoms with Crippen LogP contribution in [-0.4, -0.2) is 19.7 Å². The molecule has 0 aromatic heterocycles. The van der Waals surface area contributed by atoms with Crippen molar-refractivity contribution >= 4 is 12.0 Å². The highest BCUT2D eigenvalue weighted by Gasteiger charge is 1.79. The lowest BCUT2D eigenvalue weighted by atomic mass is 10.9. The maximum absolute atomic E-state index is 4.87. The summed E-state index contributed by atoms with van der Waals surface area (Å²) in [4.78, 5) is 0. The van der Waals surface area contributed by atoms with Crippen LogP contribution in [0.4, 0.5) is 0 Å². The summed E-state index contributed by atoms with van der Waals surface area (Å²) in [5.74, 6) is 0.619. The maximum atomic E-state index is 4.87. The van der Waals surface area contributed by atoms with Crippen LogP contribution >= 0.6 is 12.0 Å². The summed E-state index contributed by atoms with van der Waals surface area (Å²) in [5.41, 5.74) is 0. The average Bonchev–Trinajstić information content (AvgIpc) is 1.69. The van der Waals surface area contributed by atoms with E-state index in [1.807, 2.05) is 6.92 Å². The molecule has 0 saturated heterocycles. The van der Waals surface area contributed by atoms with Crippen molar-refractivity contribution in [2.45, 2.75) is 6.92 Å². The van der Waals surface area contributed by atoms with Gasteiger partial charge in [-0.25, -0.2) is 0 Å². The average molecular weight is 122 g/mol. The Morgan fingerprint density at radius 2 is 2.29 bits per heavy atom. The van der Waals surface area contributed by atoms with Crippen molar-refractivity contribution in [3.8, 4) is 0 Å². The van der Waals surface area contributed by atoms with E-state index in [0.29, 0.717) is 5.94 Å². The highest BCUT2D eigenvalue weighted by molar-refractivity contribution is 7.94. The fourth-order valence-corrected chi connectivity index (χ4v) is 0.496. The monoisotopic (exact) mass is 122 g/mol. The molecule has 7 heavy (non-hydrogen) atoms. The first kappa shape index (κ1) is 7.27. The first-order valence-electron chi connectivity index (χ1n) is 2.15. The molecule has 0 aliphatic carbocycles. The molecule has 0 bridgehead atoms. The van der Waals surface area contributed by atoms with Crippen molar-refractivity contribution in [3.63, 3.8) is 0 Å². The van der Waals surface area contributed by atoms with Crippen molar-refractivity contribution in [3.05, 3.63) is 0 Å². The SMILES string of the molecule is CCOSCOC. The Morgan fingerprint density at radius 1 is 1.57 bits per heavy atom. The first-order chi connectivity index (χ1) is 3.41. The molecule has 0 amide bonds. The second kappa shape index (κ2) is 6.27. The molecule has 0 fully saturated rings. The highest BCUT2D eigenvalue weighted by Crippen LogP contribution is 1.99. The third-order valence-electron chi connectivity index (χ3n) is 0.367. The summed E-state index contributed by atoms with van der Waals surface area (Å²) >= 11 is 1.33. The molecule has 3 heteroatoms. The fourth-order valence-electron chi connectivity index (χ4n) is 0.165. The van der Waals surface area contributed by atoms with E-state index in [0.717, 1.165) is 6.61 Å². The van der Waals surface area contributed by atoms with Gasteiger partial charge in [-0.05, 0) is 6.92 Å². The Labute approximate surface area is 48.4 Å². The lowest BCUT2D eigenvalue weighted by molar-refractivity contribution is 0.248. The minimum absolute atomic E-state index is 0.619. The molecular formula is C4H10O2S. The molecule has 0 aliphatic rings. The molecule has 0 heterocycles. The quantitative estimate of drug-likeness (QED) is 0.318. The molecule has 0 radical (unpaired) electrons. The normalized spacial score (nSPS) is 9.43. The highest BCUT2D eigenvalue weighted by atomic mass is 32.2. The van der Waals surface area contributed by atoms with E-state index in [-0.39, 0.29) is 0 Å². The Morgan fingerprint density at radius 3 is 2.71 bits per heavy atom. The van der Waals surface area contributed by atoms with Crippen LogP contribution < -0.4 is 0 Å². The molecule has 0 spiro atoms. The van der Waals surface area contributed by atoms with E-state index in [2.05, 4.69) is 4.74 Å². The van der Waals surface area contributed by atoms with Crippen molar-refractivity contribution in [2.75, 3.05) is 19.7 Å². The second-order valence-corrected chi connectivity index (χ2v) is 1.64. The Hall–Kier alpha value is 0.270. The third kappa shape index (κ3) is 6.27. The standard InChI is InChI=1S/C4H10O2S/c1-3-6-7-4-5-2/h3-4H2,1-2H3. The molecule has 0 unspecified atom stereocenters. The van der Waals surface area contributed by atoms with Gasteiger partial charge in [0.1, 0.15) is 5.94 Å². The first-order valence-corrected chi connectivity index (χ1v) is 3.06. The van der Waals surface area contributed by atoms with E-state index in [1.54, 1.807) is 7.11 Å². The molecule has 0 rings (SSSR count). The predicted molar refractivity (Wildman–Crippen MR) is 31.1 cm³/mol. The molecule has 0 N–H and O–H groups in total. The van der Waals surface area contributed by atoms with Gasteiger partial charge in [0.15, 0.2) is 0 Å². The summed E-state index contributed by atoms with van der Waals surface area (Å²) in [6, 6.07) is 0. The van der Waals surface area contributed by atoms with Crippen LogP contribution in [0.5, 0.6) is 0 Å². The van der Waals surface area contributed by atoms with Crippen molar-refractivity contribution in [2.24, 2.45) is 0 Å². The molecule has 0 saturated carbocycles. The van der Waals surface area contributed by atoms with Crippen molar-refractivity contribution in [1.29, 1.82) is 0 Å². The summed E-state index contributed by atoms with van der Waals surface area (Å²) in [6.07, 6.45) is 0. The van der Waals surface area contributed by atoms with Crippen LogP contribution in [0.25, 0.3) is 0 Å². The van der Waals surface area contributed by atoms with Crippen molar-refractivity contribution in [1.82, 2.24) is 0 Å². The Balaban J connectivity index is 2.45. The van der Waals surface area contributed by atoms with Gasteiger partial charge in [-0.1, -0.05) is 0 Å². The van der Waals surface area contributed by atoms with Crippen LogP contribution in [0.1, 0.15) is 6.92 Å². The molecule has 0 atom stereocenters. The molecular weight excluding hydrogens is 112 g/mol. The zero-order chi connectivity index (χ0) is 5.54.